The maximum atomic E-state index is 13.6. The van der Waals surface area contributed by atoms with E-state index < -0.39 is 0 Å². The van der Waals surface area contributed by atoms with Crippen LogP contribution >= 0.6 is 0 Å². The molecule has 126 valence electrons. The lowest BCUT2D eigenvalue weighted by atomic mass is 9.95. The van der Waals surface area contributed by atoms with Crippen LogP contribution in [0.2, 0.25) is 0 Å². The molecule has 1 fully saturated rings. The molecule has 24 heavy (non-hydrogen) atoms. The van der Waals surface area contributed by atoms with Crippen LogP contribution in [0, 0.1) is 11.7 Å². The zero-order chi connectivity index (χ0) is 16.8. The van der Waals surface area contributed by atoms with Crippen LogP contribution in [0.5, 0.6) is 0 Å². The number of H-pyrrole nitrogens is 1. The molecule has 1 aliphatic rings. The van der Waals surface area contributed by atoms with Crippen molar-refractivity contribution in [3.05, 3.63) is 70.2 Å². The summed E-state index contributed by atoms with van der Waals surface area (Å²) in [6, 6.07) is 6.86. The molecule has 3 rings (SSSR count). The lowest BCUT2D eigenvalue weighted by Gasteiger charge is -2.30. The minimum Gasteiger partial charge on any atom is -0.323 e. The van der Waals surface area contributed by atoms with Crippen LogP contribution in [0.3, 0.4) is 0 Å². The van der Waals surface area contributed by atoms with E-state index >= 15 is 0 Å². The number of benzene rings is 1. The second kappa shape index (κ2) is 8.02. The fraction of sp³-hybridized carbons (Fsp3) is 0.368. The summed E-state index contributed by atoms with van der Waals surface area (Å²) in [4.78, 5) is 20.4. The minimum atomic E-state index is -0.170. The third-order valence-electron chi connectivity index (χ3n) is 4.49. The average Bonchev–Trinajstić information content (AvgIpc) is 2.60. The number of hydrogen-bond donors (Lipinski definition) is 1. The minimum absolute atomic E-state index is 0.149. The van der Waals surface area contributed by atoms with Crippen molar-refractivity contribution < 1.29 is 4.39 Å². The molecule has 5 heteroatoms. The highest BCUT2D eigenvalue weighted by Gasteiger charge is 2.17. The van der Waals surface area contributed by atoms with Crippen molar-refractivity contribution in [1.29, 1.82) is 0 Å². The molecule has 0 atom stereocenters. The zero-order valence-corrected chi connectivity index (χ0v) is 13.6. The Morgan fingerprint density at radius 1 is 1.25 bits per heavy atom. The van der Waals surface area contributed by atoms with Crippen LogP contribution in [0.25, 0.3) is 6.08 Å². The molecule has 4 nitrogen and oxygen atoms in total. The Morgan fingerprint density at radius 2 is 2.04 bits per heavy atom. The molecule has 0 spiro atoms. The first kappa shape index (κ1) is 16.6. The predicted octanol–water partition coefficient (Wildman–Crippen LogP) is 2.88. The number of rotatable bonds is 5. The summed E-state index contributed by atoms with van der Waals surface area (Å²) in [7, 11) is 0. The molecule has 2 aromatic rings. The molecule has 1 aromatic heterocycles. The van der Waals surface area contributed by atoms with E-state index in [1.54, 1.807) is 18.3 Å². The van der Waals surface area contributed by atoms with Gasteiger partial charge in [0.25, 0.3) is 5.56 Å². The van der Waals surface area contributed by atoms with Gasteiger partial charge in [0.05, 0.1) is 6.20 Å². The number of nitrogens with one attached hydrogen (secondary N) is 1. The maximum absolute atomic E-state index is 13.6. The van der Waals surface area contributed by atoms with Crippen LogP contribution < -0.4 is 5.56 Å². The van der Waals surface area contributed by atoms with Gasteiger partial charge in [0.15, 0.2) is 0 Å². The first-order valence-electron chi connectivity index (χ1n) is 8.39. The van der Waals surface area contributed by atoms with E-state index in [9.17, 15) is 9.18 Å². The first-order valence-corrected chi connectivity index (χ1v) is 8.39. The average molecular weight is 327 g/mol. The van der Waals surface area contributed by atoms with Gasteiger partial charge in [0.2, 0.25) is 0 Å². The number of aromatic nitrogens is 2. The van der Waals surface area contributed by atoms with Gasteiger partial charge in [-0.2, -0.15) is 0 Å². The number of halogens is 1. The number of piperidine rings is 1. The Balaban J connectivity index is 1.46. The summed E-state index contributed by atoms with van der Waals surface area (Å²) < 4.78 is 13.6. The van der Waals surface area contributed by atoms with Gasteiger partial charge in [-0.3, -0.25) is 9.78 Å². The number of nitrogens with zero attached hydrogens (tertiary/aromatic N) is 2. The second-order valence-electron chi connectivity index (χ2n) is 6.23. The molecular weight excluding hydrogens is 305 g/mol. The molecule has 0 saturated carbocycles. The molecule has 0 radical (unpaired) electrons. The van der Waals surface area contributed by atoms with E-state index in [4.69, 9.17) is 0 Å². The summed E-state index contributed by atoms with van der Waals surface area (Å²) in [5, 5.41) is 0. The molecule has 1 N–H and O–H groups in total. The predicted molar refractivity (Wildman–Crippen MR) is 93.2 cm³/mol. The number of likely N-dealkylation sites (tertiary alicyclic amines) is 1. The first-order chi connectivity index (χ1) is 11.7. The lowest BCUT2D eigenvalue weighted by molar-refractivity contribution is 0.205. The molecule has 0 unspecified atom stereocenters. The molecule has 1 aromatic carbocycles. The molecule has 0 amide bonds. The van der Waals surface area contributed by atoms with Crippen LogP contribution in [0.4, 0.5) is 4.39 Å². The van der Waals surface area contributed by atoms with Gasteiger partial charge in [-0.25, -0.2) is 4.39 Å². The number of aromatic amines is 1. The van der Waals surface area contributed by atoms with Crippen LogP contribution in [0.15, 0.2) is 47.5 Å². The van der Waals surface area contributed by atoms with Crippen LogP contribution in [0.1, 0.15) is 24.1 Å². The van der Waals surface area contributed by atoms with Gasteiger partial charge in [-0.15, -0.1) is 0 Å². The lowest BCUT2D eigenvalue weighted by Crippen LogP contribution is -2.34. The maximum Gasteiger partial charge on any atom is 0.266 e. The third-order valence-corrected chi connectivity index (χ3v) is 4.49. The quantitative estimate of drug-likeness (QED) is 0.919. The summed E-state index contributed by atoms with van der Waals surface area (Å²) >= 11 is 0. The molecule has 2 heterocycles. The summed E-state index contributed by atoms with van der Waals surface area (Å²) in [5.41, 5.74) is 1.38. The topological polar surface area (TPSA) is 49.0 Å². The normalized spacial score (nSPS) is 16.7. The third kappa shape index (κ3) is 4.61. The Hall–Kier alpha value is -2.27. The Labute approximate surface area is 141 Å². The van der Waals surface area contributed by atoms with Crippen molar-refractivity contribution in [3.8, 4) is 0 Å². The second-order valence-corrected chi connectivity index (χ2v) is 6.23. The van der Waals surface area contributed by atoms with Crippen molar-refractivity contribution in [2.24, 2.45) is 5.92 Å². The molecule has 1 aliphatic heterocycles. The summed E-state index contributed by atoms with van der Waals surface area (Å²) in [5.74, 6) is 0.329. The molecule has 1 saturated heterocycles. The van der Waals surface area contributed by atoms with Gasteiger partial charge >= 0.3 is 0 Å². The highest BCUT2D eigenvalue weighted by Crippen LogP contribution is 2.20. The summed E-state index contributed by atoms with van der Waals surface area (Å²) in [6.45, 7) is 2.97. The van der Waals surface area contributed by atoms with Crippen molar-refractivity contribution in [3.63, 3.8) is 0 Å². The van der Waals surface area contributed by atoms with E-state index in [1.807, 2.05) is 12.1 Å². The van der Waals surface area contributed by atoms with E-state index in [-0.39, 0.29) is 11.4 Å². The monoisotopic (exact) mass is 327 g/mol. The Bertz CT molecular complexity index is 748. The van der Waals surface area contributed by atoms with E-state index in [2.05, 4.69) is 20.9 Å². The molecular formula is C19H22FN3O. The fourth-order valence-corrected chi connectivity index (χ4v) is 3.04. The van der Waals surface area contributed by atoms with Crippen LogP contribution in [-0.4, -0.2) is 34.5 Å². The standard InChI is InChI=1S/C19H22FN3O/c20-18-4-2-1-3-16(18)6-5-15-7-10-23(11-8-15)12-9-17-13-21-14-19(24)22-17/h1-6,13-15H,7-12H2,(H,22,24)/b6-5+. The smallest absolute Gasteiger partial charge is 0.266 e. The van der Waals surface area contributed by atoms with Gasteiger partial charge in [-0.05, 0) is 37.9 Å². The van der Waals surface area contributed by atoms with Gasteiger partial charge < -0.3 is 9.88 Å². The number of allylic oxidation sites excluding steroid dienone is 1. The zero-order valence-electron chi connectivity index (χ0n) is 13.6. The van der Waals surface area contributed by atoms with Crippen molar-refractivity contribution in [1.82, 2.24) is 14.9 Å². The Kier molecular flexibility index (Phi) is 5.54. The Morgan fingerprint density at radius 3 is 2.79 bits per heavy atom. The van der Waals surface area contributed by atoms with Gasteiger partial charge in [0.1, 0.15) is 5.82 Å². The van der Waals surface area contributed by atoms with Gasteiger partial charge in [-0.1, -0.05) is 30.4 Å². The SMILES string of the molecule is O=c1cncc(CCN2CCC(/C=C/c3ccccc3F)CC2)[nH]1. The van der Waals surface area contributed by atoms with Gasteiger partial charge in [0, 0.05) is 30.4 Å². The van der Waals surface area contributed by atoms with Crippen molar-refractivity contribution in [2.75, 3.05) is 19.6 Å². The molecule has 0 bridgehead atoms. The largest absolute Gasteiger partial charge is 0.323 e. The molecule has 0 aliphatic carbocycles. The van der Waals surface area contributed by atoms with Crippen LogP contribution in [-0.2, 0) is 6.42 Å². The highest BCUT2D eigenvalue weighted by molar-refractivity contribution is 5.50. The van der Waals surface area contributed by atoms with Crippen molar-refractivity contribution >= 4 is 6.08 Å². The highest BCUT2D eigenvalue weighted by atomic mass is 19.1. The van der Waals surface area contributed by atoms with E-state index in [0.717, 1.165) is 44.6 Å². The van der Waals surface area contributed by atoms with Crippen molar-refractivity contribution in [2.45, 2.75) is 19.3 Å². The van der Waals surface area contributed by atoms with E-state index in [0.29, 0.717) is 11.5 Å². The summed E-state index contributed by atoms with van der Waals surface area (Å²) in [6.07, 6.45) is 9.99. The number of hydrogen-bond acceptors (Lipinski definition) is 3. The fourth-order valence-electron chi connectivity index (χ4n) is 3.04. The van der Waals surface area contributed by atoms with E-state index in [1.165, 1.54) is 12.3 Å².